The molecule has 1 N–H and O–H groups in total. The van der Waals surface area contributed by atoms with Gasteiger partial charge in [0.1, 0.15) is 5.82 Å². The molecule has 0 saturated carbocycles. The zero-order valence-electron chi connectivity index (χ0n) is 15.3. The number of nitrogens with one attached hydrogen (secondary N) is 1. The molecule has 0 radical (unpaired) electrons. The van der Waals surface area contributed by atoms with Gasteiger partial charge in [-0.2, -0.15) is 0 Å². The topological polar surface area (TPSA) is 48.5 Å². The summed E-state index contributed by atoms with van der Waals surface area (Å²) in [6.45, 7) is 3.64. The lowest BCUT2D eigenvalue weighted by atomic mass is 10.1. The first-order valence-corrected chi connectivity index (χ1v) is 9.48. The molecule has 5 heteroatoms. The fourth-order valence-electron chi connectivity index (χ4n) is 4.18. The van der Waals surface area contributed by atoms with Gasteiger partial charge in [0.15, 0.2) is 0 Å². The Morgan fingerprint density at radius 2 is 1.85 bits per heavy atom. The first kappa shape index (κ1) is 17.0. The van der Waals surface area contributed by atoms with Crippen LogP contribution in [0.4, 0.5) is 5.82 Å². The average Bonchev–Trinajstić information content (AvgIpc) is 2.97. The van der Waals surface area contributed by atoms with Crippen LogP contribution in [0, 0.1) is 0 Å². The summed E-state index contributed by atoms with van der Waals surface area (Å²) in [5, 5.41) is 3.00. The standard InChI is InChI=1S/C21H26N4O/c1-22-20-15-18(7-8-23-20)21(26)25-10-4-9-24(11-12-25)19-13-16-5-2-3-6-17(16)14-19/h2-3,5-8,15,19H,4,9-14H2,1H3,(H,22,23). The van der Waals surface area contributed by atoms with Gasteiger partial charge < -0.3 is 10.2 Å². The highest BCUT2D eigenvalue weighted by Gasteiger charge is 2.29. The van der Waals surface area contributed by atoms with E-state index in [2.05, 4.69) is 39.5 Å². The molecule has 1 fully saturated rings. The summed E-state index contributed by atoms with van der Waals surface area (Å²) in [5.74, 6) is 0.844. The zero-order chi connectivity index (χ0) is 17.9. The quantitative estimate of drug-likeness (QED) is 0.924. The Kier molecular flexibility index (Phi) is 4.89. The number of fused-ring (bicyclic) bond motifs is 1. The van der Waals surface area contributed by atoms with Crippen LogP contribution >= 0.6 is 0 Å². The minimum absolute atomic E-state index is 0.112. The monoisotopic (exact) mass is 350 g/mol. The van der Waals surface area contributed by atoms with Gasteiger partial charge in [0.05, 0.1) is 0 Å². The summed E-state index contributed by atoms with van der Waals surface area (Å²) < 4.78 is 0. The van der Waals surface area contributed by atoms with E-state index >= 15 is 0 Å². The molecule has 2 aromatic rings. The molecule has 1 aromatic carbocycles. The fourth-order valence-corrected chi connectivity index (χ4v) is 4.18. The molecule has 26 heavy (non-hydrogen) atoms. The van der Waals surface area contributed by atoms with Crippen LogP contribution in [0.3, 0.4) is 0 Å². The molecule has 0 bridgehead atoms. The molecular weight excluding hydrogens is 324 g/mol. The van der Waals surface area contributed by atoms with Crippen molar-refractivity contribution in [3.63, 3.8) is 0 Å². The molecule has 0 spiro atoms. The largest absolute Gasteiger partial charge is 0.373 e. The summed E-state index contributed by atoms with van der Waals surface area (Å²) in [6.07, 6.45) is 5.00. The van der Waals surface area contributed by atoms with Crippen molar-refractivity contribution in [1.29, 1.82) is 0 Å². The van der Waals surface area contributed by atoms with Gasteiger partial charge in [0.25, 0.3) is 5.91 Å². The first-order chi connectivity index (χ1) is 12.7. The molecular formula is C21H26N4O. The number of carbonyl (C=O) groups excluding carboxylic acids is 1. The van der Waals surface area contributed by atoms with Crippen molar-refractivity contribution in [1.82, 2.24) is 14.8 Å². The number of rotatable bonds is 3. The van der Waals surface area contributed by atoms with E-state index in [4.69, 9.17) is 0 Å². The van der Waals surface area contributed by atoms with E-state index < -0.39 is 0 Å². The number of carbonyl (C=O) groups is 1. The van der Waals surface area contributed by atoms with Crippen molar-refractivity contribution >= 4 is 11.7 Å². The van der Waals surface area contributed by atoms with Crippen molar-refractivity contribution < 1.29 is 4.79 Å². The second kappa shape index (κ2) is 7.46. The van der Waals surface area contributed by atoms with Gasteiger partial charge in [-0.25, -0.2) is 4.98 Å². The fraction of sp³-hybridized carbons (Fsp3) is 0.429. The zero-order valence-corrected chi connectivity index (χ0v) is 15.3. The van der Waals surface area contributed by atoms with E-state index in [1.54, 1.807) is 12.3 Å². The highest BCUT2D eigenvalue weighted by Crippen LogP contribution is 2.26. The third-order valence-electron chi connectivity index (χ3n) is 5.63. The van der Waals surface area contributed by atoms with Crippen LogP contribution in [0.15, 0.2) is 42.6 Å². The van der Waals surface area contributed by atoms with Crippen molar-refractivity contribution in [3.05, 3.63) is 59.3 Å². The number of nitrogens with zero attached hydrogens (tertiary/aromatic N) is 3. The lowest BCUT2D eigenvalue weighted by Gasteiger charge is -2.27. The number of pyridine rings is 1. The third-order valence-corrected chi connectivity index (χ3v) is 5.63. The van der Waals surface area contributed by atoms with E-state index in [9.17, 15) is 4.79 Å². The van der Waals surface area contributed by atoms with Crippen LogP contribution in [-0.2, 0) is 12.8 Å². The van der Waals surface area contributed by atoms with Gasteiger partial charge >= 0.3 is 0 Å². The molecule has 1 aliphatic heterocycles. The van der Waals surface area contributed by atoms with Crippen LogP contribution in [0.2, 0.25) is 0 Å². The summed E-state index contributed by atoms with van der Waals surface area (Å²) in [4.78, 5) is 21.7. The lowest BCUT2D eigenvalue weighted by molar-refractivity contribution is 0.0758. The molecule has 2 aliphatic rings. The number of anilines is 1. The van der Waals surface area contributed by atoms with Gasteiger partial charge in [0.2, 0.25) is 0 Å². The maximum absolute atomic E-state index is 12.9. The molecule has 136 valence electrons. The Hall–Kier alpha value is -2.40. The summed E-state index contributed by atoms with van der Waals surface area (Å²) in [5.41, 5.74) is 3.70. The normalized spacial score (nSPS) is 18.4. The molecule has 1 aromatic heterocycles. The van der Waals surface area contributed by atoms with E-state index in [0.717, 1.165) is 51.3 Å². The predicted octanol–water partition coefficient (Wildman–Crippen LogP) is 2.44. The number of amides is 1. The number of aromatic nitrogens is 1. The maximum atomic E-state index is 12.9. The van der Waals surface area contributed by atoms with Gasteiger partial charge in [-0.1, -0.05) is 24.3 Å². The number of hydrogen-bond donors (Lipinski definition) is 1. The van der Waals surface area contributed by atoms with Gasteiger partial charge in [-0.3, -0.25) is 9.69 Å². The van der Waals surface area contributed by atoms with Crippen LogP contribution in [-0.4, -0.2) is 60.0 Å². The first-order valence-electron chi connectivity index (χ1n) is 9.48. The summed E-state index contributed by atoms with van der Waals surface area (Å²) in [6, 6.07) is 13.0. The summed E-state index contributed by atoms with van der Waals surface area (Å²) >= 11 is 0. The number of benzene rings is 1. The smallest absolute Gasteiger partial charge is 0.254 e. The van der Waals surface area contributed by atoms with E-state index in [1.807, 2.05) is 18.0 Å². The van der Waals surface area contributed by atoms with Gasteiger partial charge in [0, 0.05) is 51.0 Å². The van der Waals surface area contributed by atoms with Crippen LogP contribution in [0.1, 0.15) is 27.9 Å². The Bertz CT molecular complexity index is 766. The molecule has 1 saturated heterocycles. The average molecular weight is 350 g/mol. The molecule has 1 amide bonds. The van der Waals surface area contributed by atoms with Crippen LogP contribution in [0.5, 0.6) is 0 Å². The van der Waals surface area contributed by atoms with Crippen LogP contribution in [0.25, 0.3) is 0 Å². The van der Waals surface area contributed by atoms with E-state index in [-0.39, 0.29) is 5.91 Å². The SMILES string of the molecule is CNc1cc(C(=O)N2CCCN(C3Cc4ccccc4C3)CC2)ccn1. The minimum Gasteiger partial charge on any atom is -0.373 e. The van der Waals surface area contributed by atoms with Crippen LogP contribution < -0.4 is 5.32 Å². The van der Waals surface area contributed by atoms with Crippen molar-refractivity contribution in [2.45, 2.75) is 25.3 Å². The highest BCUT2D eigenvalue weighted by atomic mass is 16.2. The maximum Gasteiger partial charge on any atom is 0.254 e. The second-order valence-electron chi connectivity index (χ2n) is 7.19. The predicted molar refractivity (Wildman–Crippen MR) is 104 cm³/mol. The minimum atomic E-state index is 0.112. The molecule has 5 nitrogen and oxygen atoms in total. The Labute approximate surface area is 155 Å². The Balaban J connectivity index is 1.40. The Morgan fingerprint density at radius 1 is 1.08 bits per heavy atom. The molecule has 1 aliphatic carbocycles. The van der Waals surface area contributed by atoms with E-state index in [0.29, 0.717) is 11.6 Å². The molecule has 4 rings (SSSR count). The van der Waals surface area contributed by atoms with Crippen molar-refractivity contribution in [2.75, 3.05) is 38.5 Å². The summed E-state index contributed by atoms with van der Waals surface area (Å²) in [7, 11) is 1.82. The second-order valence-corrected chi connectivity index (χ2v) is 7.19. The van der Waals surface area contributed by atoms with Crippen molar-refractivity contribution in [3.8, 4) is 0 Å². The molecule has 0 unspecified atom stereocenters. The molecule has 2 heterocycles. The molecule has 0 atom stereocenters. The highest BCUT2D eigenvalue weighted by molar-refractivity contribution is 5.94. The van der Waals surface area contributed by atoms with Gasteiger partial charge in [-0.15, -0.1) is 0 Å². The lowest BCUT2D eigenvalue weighted by Crippen LogP contribution is -2.40. The third kappa shape index (κ3) is 3.44. The Morgan fingerprint density at radius 3 is 2.58 bits per heavy atom. The van der Waals surface area contributed by atoms with Gasteiger partial charge in [-0.05, 0) is 42.5 Å². The van der Waals surface area contributed by atoms with E-state index in [1.165, 1.54) is 11.1 Å². The van der Waals surface area contributed by atoms with Crippen molar-refractivity contribution in [2.24, 2.45) is 0 Å². The number of hydrogen-bond acceptors (Lipinski definition) is 4.